The van der Waals surface area contributed by atoms with E-state index >= 15 is 0 Å². The van der Waals surface area contributed by atoms with Gasteiger partial charge in [-0.3, -0.25) is 0 Å². The second-order valence-electron chi connectivity index (χ2n) is 2.22. The van der Waals surface area contributed by atoms with Gasteiger partial charge < -0.3 is 10.4 Å². The second-order valence-corrected chi connectivity index (χ2v) is 2.22. The first-order chi connectivity index (χ1) is 5.66. The van der Waals surface area contributed by atoms with Gasteiger partial charge in [-0.2, -0.15) is 0 Å². The Morgan fingerprint density at radius 2 is 2.25 bits per heavy atom. The third-order valence-electron chi connectivity index (χ3n) is 1.50. The Balaban J connectivity index is 3.23. The number of carboxylic acid groups (broad SMARTS) is 1. The fourth-order valence-corrected chi connectivity index (χ4v) is 0.890. The number of aromatic carboxylic acids is 1. The van der Waals surface area contributed by atoms with E-state index in [4.69, 9.17) is 5.11 Å². The predicted molar refractivity (Wildman–Crippen MR) is 42.9 cm³/mol. The van der Waals surface area contributed by atoms with Crippen LogP contribution in [-0.2, 0) is 0 Å². The fraction of sp³-hybridized carbons (Fsp3) is 0.125. The third-order valence-corrected chi connectivity index (χ3v) is 1.50. The summed E-state index contributed by atoms with van der Waals surface area (Å²) in [7, 11) is 1.53. The fourth-order valence-electron chi connectivity index (χ4n) is 0.890. The molecule has 2 N–H and O–H groups in total. The first kappa shape index (κ1) is 8.52. The van der Waals surface area contributed by atoms with Crippen LogP contribution in [0.1, 0.15) is 10.4 Å². The Morgan fingerprint density at radius 1 is 1.58 bits per heavy atom. The van der Waals surface area contributed by atoms with E-state index in [-0.39, 0.29) is 11.3 Å². The first-order valence-electron chi connectivity index (χ1n) is 3.36. The van der Waals surface area contributed by atoms with Crippen molar-refractivity contribution in [2.45, 2.75) is 0 Å². The number of nitrogens with one attached hydrogen (secondary N) is 1. The minimum atomic E-state index is -1.26. The summed E-state index contributed by atoms with van der Waals surface area (Å²) in [5, 5.41) is 11.1. The molecule has 0 radical (unpaired) electrons. The van der Waals surface area contributed by atoms with Crippen molar-refractivity contribution < 1.29 is 14.3 Å². The molecular weight excluding hydrogens is 161 g/mol. The molecule has 64 valence electrons. The Labute approximate surface area is 68.8 Å². The highest BCUT2D eigenvalue weighted by Gasteiger charge is 2.11. The van der Waals surface area contributed by atoms with Gasteiger partial charge in [-0.25, -0.2) is 9.18 Å². The van der Waals surface area contributed by atoms with Gasteiger partial charge >= 0.3 is 5.97 Å². The highest BCUT2D eigenvalue weighted by atomic mass is 19.1. The quantitative estimate of drug-likeness (QED) is 0.706. The smallest absolute Gasteiger partial charge is 0.338 e. The van der Waals surface area contributed by atoms with Crippen molar-refractivity contribution in [2.75, 3.05) is 12.4 Å². The molecule has 0 saturated carbocycles. The van der Waals surface area contributed by atoms with E-state index in [0.29, 0.717) is 0 Å². The molecule has 0 bridgehead atoms. The third kappa shape index (κ3) is 1.37. The minimum Gasteiger partial charge on any atom is -0.478 e. The maximum Gasteiger partial charge on any atom is 0.338 e. The number of rotatable bonds is 2. The van der Waals surface area contributed by atoms with Gasteiger partial charge in [-0.05, 0) is 12.1 Å². The van der Waals surface area contributed by atoms with Crippen molar-refractivity contribution in [3.05, 3.63) is 29.6 Å². The Morgan fingerprint density at radius 3 is 2.75 bits per heavy atom. The minimum absolute atomic E-state index is 0.190. The maximum atomic E-state index is 13.1. The highest BCUT2D eigenvalue weighted by molar-refractivity contribution is 5.89. The van der Waals surface area contributed by atoms with Gasteiger partial charge in [0.1, 0.15) is 0 Å². The van der Waals surface area contributed by atoms with Crippen molar-refractivity contribution in [1.82, 2.24) is 0 Å². The van der Waals surface area contributed by atoms with E-state index < -0.39 is 11.8 Å². The summed E-state index contributed by atoms with van der Waals surface area (Å²) in [6, 6.07) is 4.18. The van der Waals surface area contributed by atoms with Crippen LogP contribution in [0.15, 0.2) is 18.2 Å². The van der Waals surface area contributed by atoms with Crippen LogP contribution in [-0.4, -0.2) is 18.1 Å². The van der Waals surface area contributed by atoms with Crippen molar-refractivity contribution in [3.63, 3.8) is 0 Å². The van der Waals surface area contributed by atoms with Gasteiger partial charge in [0.25, 0.3) is 0 Å². The Hall–Kier alpha value is -1.58. The van der Waals surface area contributed by atoms with Crippen LogP contribution in [0.3, 0.4) is 0 Å². The summed E-state index contributed by atoms with van der Waals surface area (Å²) in [6.07, 6.45) is 0. The summed E-state index contributed by atoms with van der Waals surface area (Å²) >= 11 is 0. The van der Waals surface area contributed by atoms with Crippen LogP contribution >= 0.6 is 0 Å². The summed E-state index contributed by atoms with van der Waals surface area (Å²) in [4.78, 5) is 10.4. The molecule has 0 saturated heterocycles. The van der Waals surface area contributed by atoms with Crippen molar-refractivity contribution in [3.8, 4) is 0 Å². The van der Waals surface area contributed by atoms with Crippen molar-refractivity contribution in [1.29, 1.82) is 0 Å². The molecule has 0 fully saturated rings. The summed E-state index contributed by atoms with van der Waals surface area (Å²) < 4.78 is 13.1. The van der Waals surface area contributed by atoms with Gasteiger partial charge in [-0.15, -0.1) is 0 Å². The van der Waals surface area contributed by atoms with E-state index in [1.807, 2.05) is 0 Å². The molecule has 12 heavy (non-hydrogen) atoms. The normalized spacial score (nSPS) is 9.50. The predicted octanol–water partition coefficient (Wildman–Crippen LogP) is 1.57. The van der Waals surface area contributed by atoms with Gasteiger partial charge in [0.15, 0.2) is 5.82 Å². The van der Waals surface area contributed by atoms with E-state index in [9.17, 15) is 9.18 Å². The zero-order chi connectivity index (χ0) is 9.14. The van der Waals surface area contributed by atoms with Crippen LogP contribution in [0, 0.1) is 5.82 Å². The monoisotopic (exact) mass is 169 g/mol. The number of hydrogen-bond donors (Lipinski definition) is 2. The van der Waals surface area contributed by atoms with Crippen molar-refractivity contribution >= 4 is 11.7 Å². The zero-order valence-electron chi connectivity index (χ0n) is 6.47. The van der Waals surface area contributed by atoms with Crippen LogP contribution in [0.4, 0.5) is 10.1 Å². The molecule has 1 aromatic rings. The largest absolute Gasteiger partial charge is 0.478 e. The number of anilines is 1. The molecule has 0 spiro atoms. The summed E-state index contributed by atoms with van der Waals surface area (Å²) in [5.74, 6) is -1.99. The van der Waals surface area contributed by atoms with Crippen LogP contribution in [0.25, 0.3) is 0 Å². The zero-order valence-corrected chi connectivity index (χ0v) is 6.47. The summed E-state index contributed by atoms with van der Waals surface area (Å²) in [6.45, 7) is 0. The molecule has 0 unspecified atom stereocenters. The molecule has 0 aliphatic heterocycles. The number of hydrogen-bond acceptors (Lipinski definition) is 2. The molecule has 1 aromatic carbocycles. The van der Waals surface area contributed by atoms with E-state index in [1.54, 1.807) is 0 Å². The molecule has 0 atom stereocenters. The van der Waals surface area contributed by atoms with E-state index in [2.05, 4.69) is 5.32 Å². The topological polar surface area (TPSA) is 49.3 Å². The number of carbonyl (C=O) groups is 1. The lowest BCUT2D eigenvalue weighted by molar-refractivity contribution is 0.0692. The Bertz CT molecular complexity index is 312. The Kier molecular flexibility index (Phi) is 2.28. The standard InChI is InChI=1S/C8H8FNO2/c1-10-6-4-2-3-5(7(6)9)8(11)12/h2-4,10H,1H3,(H,11,12). The lowest BCUT2D eigenvalue weighted by Gasteiger charge is -2.03. The average Bonchev–Trinajstić information content (AvgIpc) is 2.04. The van der Waals surface area contributed by atoms with Gasteiger partial charge in [0, 0.05) is 7.05 Å². The molecule has 0 amide bonds. The summed E-state index contributed by atoms with van der Waals surface area (Å²) in [5.41, 5.74) is -0.128. The van der Waals surface area contributed by atoms with Gasteiger partial charge in [0.05, 0.1) is 11.3 Å². The van der Waals surface area contributed by atoms with Crippen molar-refractivity contribution in [2.24, 2.45) is 0 Å². The molecule has 4 heteroatoms. The number of benzene rings is 1. The molecule has 0 aliphatic carbocycles. The van der Waals surface area contributed by atoms with Crippen LogP contribution in [0.5, 0.6) is 0 Å². The molecular formula is C8H8FNO2. The number of carboxylic acids is 1. The molecule has 0 aromatic heterocycles. The maximum absolute atomic E-state index is 13.1. The number of halogens is 1. The molecule has 3 nitrogen and oxygen atoms in total. The molecule has 1 rings (SSSR count). The highest BCUT2D eigenvalue weighted by Crippen LogP contribution is 2.16. The van der Waals surface area contributed by atoms with Crippen LogP contribution in [0.2, 0.25) is 0 Å². The van der Waals surface area contributed by atoms with Gasteiger partial charge in [0.2, 0.25) is 0 Å². The molecule has 0 heterocycles. The second kappa shape index (κ2) is 3.21. The van der Waals surface area contributed by atoms with Crippen LogP contribution < -0.4 is 5.32 Å². The average molecular weight is 169 g/mol. The van der Waals surface area contributed by atoms with E-state index in [1.165, 1.54) is 25.2 Å². The SMILES string of the molecule is CNc1cccc(C(=O)O)c1F. The van der Waals surface area contributed by atoms with E-state index in [0.717, 1.165) is 0 Å². The van der Waals surface area contributed by atoms with Gasteiger partial charge in [-0.1, -0.05) is 6.07 Å². The molecule has 0 aliphatic rings. The lowest BCUT2D eigenvalue weighted by Crippen LogP contribution is -2.03. The lowest BCUT2D eigenvalue weighted by atomic mass is 10.2. The first-order valence-corrected chi connectivity index (χ1v) is 3.36.